The van der Waals surface area contributed by atoms with Gasteiger partial charge in [0, 0.05) is 32.1 Å². The van der Waals surface area contributed by atoms with Crippen LogP contribution < -0.4 is 11.0 Å². The molecule has 0 atom stereocenters. The number of urea groups is 1. The predicted molar refractivity (Wildman–Crippen MR) is 120 cm³/mol. The van der Waals surface area contributed by atoms with Crippen LogP contribution in [0.25, 0.3) is 0 Å². The fourth-order valence-electron chi connectivity index (χ4n) is 4.14. The van der Waals surface area contributed by atoms with E-state index in [0.29, 0.717) is 32.7 Å². The Morgan fingerprint density at radius 1 is 1.00 bits per heavy atom. The van der Waals surface area contributed by atoms with E-state index in [9.17, 15) is 9.59 Å². The van der Waals surface area contributed by atoms with E-state index in [1.807, 2.05) is 72.5 Å². The van der Waals surface area contributed by atoms with E-state index in [0.717, 1.165) is 29.8 Å². The maximum atomic E-state index is 12.8. The minimum atomic E-state index is -0.0654. The molecule has 2 heterocycles. The van der Waals surface area contributed by atoms with E-state index in [4.69, 9.17) is 5.10 Å². The highest BCUT2D eigenvalue weighted by molar-refractivity contribution is 5.74. The van der Waals surface area contributed by atoms with Crippen molar-refractivity contribution >= 4 is 6.03 Å². The first-order chi connectivity index (χ1) is 15.2. The van der Waals surface area contributed by atoms with Gasteiger partial charge in [0.1, 0.15) is 5.82 Å². The number of carbonyl (C=O) groups is 1. The van der Waals surface area contributed by atoms with Gasteiger partial charge in [0.05, 0.1) is 6.54 Å². The highest BCUT2D eigenvalue weighted by Gasteiger charge is 2.28. The predicted octanol–water partition coefficient (Wildman–Crippen LogP) is 3.20. The molecular formula is C24H29N5O2. The molecule has 1 aliphatic rings. The molecule has 3 aromatic rings. The second-order valence-corrected chi connectivity index (χ2v) is 7.93. The number of nitrogens with one attached hydrogen (secondary N) is 1. The molecule has 1 aromatic heterocycles. The zero-order valence-electron chi connectivity index (χ0n) is 17.9. The van der Waals surface area contributed by atoms with Crippen LogP contribution >= 0.6 is 0 Å². The minimum Gasteiger partial charge on any atom is -0.334 e. The monoisotopic (exact) mass is 419 g/mol. The van der Waals surface area contributed by atoms with Crippen LogP contribution in [-0.2, 0) is 19.6 Å². The second-order valence-electron chi connectivity index (χ2n) is 7.93. The molecule has 0 saturated carbocycles. The third-order valence-electron chi connectivity index (χ3n) is 5.88. The maximum absolute atomic E-state index is 12.8. The number of hydrogen-bond donors (Lipinski definition) is 1. The van der Waals surface area contributed by atoms with E-state index >= 15 is 0 Å². The number of likely N-dealkylation sites (tertiary alicyclic amines) is 1. The van der Waals surface area contributed by atoms with Gasteiger partial charge in [-0.2, -0.15) is 5.10 Å². The van der Waals surface area contributed by atoms with Crippen LogP contribution in [0.3, 0.4) is 0 Å². The third kappa shape index (κ3) is 4.87. The van der Waals surface area contributed by atoms with E-state index in [1.165, 1.54) is 0 Å². The fourth-order valence-corrected chi connectivity index (χ4v) is 4.14. The number of rotatable bonds is 6. The summed E-state index contributed by atoms with van der Waals surface area (Å²) in [4.78, 5) is 27.2. The molecule has 7 nitrogen and oxygen atoms in total. The lowest BCUT2D eigenvalue weighted by Crippen LogP contribution is -2.44. The Kier molecular flexibility index (Phi) is 6.50. The van der Waals surface area contributed by atoms with E-state index in [-0.39, 0.29) is 17.6 Å². The Morgan fingerprint density at radius 3 is 2.23 bits per heavy atom. The van der Waals surface area contributed by atoms with Gasteiger partial charge in [-0.05, 0) is 30.9 Å². The molecule has 1 fully saturated rings. The van der Waals surface area contributed by atoms with Crippen LogP contribution in [0, 0.1) is 0 Å². The summed E-state index contributed by atoms with van der Waals surface area (Å²) in [6.07, 6.45) is 1.61. The summed E-state index contributed by atoms with van der Waals surface area (Å²) >= 11 is 0. The lowest BCUT2D eigenvalue weighted by Gasteiger charge is -2.31. The first kappa shape index (κ1) is 20.9. The van der Waals surface area contributed by atoms with Gasteiger partial charge < -0.3 is 10.2 Å². The zero-order chi connectivity index (χ0) is 21.6. The smallest absolute Gasteiger partial charge is 0.334 e. The van der Waals surface area contributed by atoms with Gasteiger partial charge in [-0.15, -0.1) is 0 Å². The van der Waals surface area contributed by atoms with Crippen LogP contribution in [0.15, 0.2) is 65.5 Å². The van der Waals surface area contributed by atoms with Crippen LogP contribution in [0.5, 0.6) is 0 Å². The van der Waals surface area contributed by atoms with Gasteiger partial charge in [0.25, 0.3) is 0 Å². The Bertz CT molecular complexity index is 1050. The summed E-state index contributed by atoms with van der Waals surface area (Å²) in [5.74, 6) is 1.02. The molecule has 0 unspecified atom stereocenters. The van der Waals surface area contributed by atoms with Crippen LogP contribution in [-0.4, -0.2) is 38.4 Å². The molecule has 162 valence electrons. The normalized spacial score (nSPS) is 14.5. The second kappa shape index (κ2) is 9.64. The van der Waals surface area contributed by atoms with Gasteiger partial charge in [0.15, 0.2) is 0 Å². The summed E-state index contributed by atoms with van der Waals surface area (Å²) in [5.41, 5.74) is 2.08. The van der Waals surface area contributed by atoms with E-state index < -0.39 is 0 Å². The molecule has 0 spiro atoms. The SMILES string of the molecule is CCn1c(C2CCN(C(=O)NCc3ccccc3)CC2)nn(Cc2ccccc2)c1=O. The molecule has 2 aromatic carbocycles. The van der Waals surface area contributed by atoms with E-state index in [2.05, 4.69) is 5.32 Å². The molecule has 7 heteroatoms. The third-order valence-corrected chi connectivity index (χ3v) is 5.88. The zero-order valence-corrected chi connectivity index (χ0v) is 17.9. The van der Waals surface area contributed by atoms with Crippen LogP contribution in [0.4, 0.5) is 4.79 Å². The largest absolute Gasteiger partial charge is 0.346 e. The number of hydrogen-bond acceptors (Lipinski definition) is 3. The topological polar surface area (TPSA) is 72.2 Å². The molecule has 1 N–H and O–H groups in total. The van der Waals surface area contributed by atoms with Crippen molar-refractivity contribution in [3.8, 4) is 0 Å². The highest BCUT2D eigenvalue weighted by Crippen LogP contribution is 2.26. The van der Waals surface area contributed by atoms with Gasteiger partial charge in [-0.25, -0.2) is 14.3 Å². The van der Waals surface area contributed by atoms with Crippen molar-refractivity contribution in [2.24, 2.45) is 0 Å². The van der Waals surface area contributed by atoms with Crippen LogP contribution in [0.2, 0.25) is 0 Å². The van der Waals surface area contributed by atoms with Crippen molar-refractivity contribution in [3.05, 3.63) is 88.1 Å². The molecule has 31 heavy (non-hydrogen) atoms. The number of piperidine rings is 1. The molecule has 1 saturated heterocycles. The standard InChI is InChI=1S/C24H29N5O2/c1-2-28-22(26-29(24(28)31)18-20-11-7-4-8-12-20)21-13-15-27(16-14-21)23(30)25-17-19-9-5-3-6-10-19/h3-12,21H,2,13-18H2,1H3,(H,25,30). The number of amides is 2. The average Bonchev–Trinajstić information content (AvgIpc) is 3.14. The molecule has 0 bridgehead atoms. The van der Waals surface area contributed by atoms with Crippen molar-refractivity contribution in [2.45, 2.75) is 45.3 Å². The molecule has 2 amide bonds. The van der Waals surface area contributed by atoms with Crippen molar-refractivity contribution in [1.29, 1.82) is 0 Å². The lowest BCUT2D eigenvalue weighted by atomic mass is 9.96. The summed E-state index contributed by atoms with van der Waals surface area (Å²) in [6, 6.07) is 19.8. The quantitative estimate of drug-likeness (QED) is 0.667. The summed E-state index contributed by atoms with van der Waals surface area (Å²) in [5, 5.41) is 7.69. The van der Waals surface area contributed by atoms with Crippen LogP contribution in [0.1, 0.15) is 42.6 Å². The van der Waals surface area contributed by atoms with Crippen molar-refractivity contribution in [2.75, 3.05) is 13.1 Å². The summed E-state index contributed by atoms with van der Waals surface area (Å²) < 4.78 is 3.34. The van der Waals surface area contributed by atoms with Gasteiger partial charge in [-0.3, -0.25) is 4.57 Å². The number of nitrogens with zero attached hydrogens (tertiary/aromatic N) is 4. The number of carbonyl (C=O) groups excluding carboxylic acids is 1. The van der Waals surface area contributed by atoms with E-state index in [1.54, 1.807) is 9.25 Å². The number of aromatic nitrogens is 3. The molecule has 1 aliphatic heterocycles. The highest BCUT2D eigenvalue weighted by atomic mass is 16.2. The first-order valence-electron chi connectivity index (χ1n) is 10.9. The summed E-state index contributed by atoms with van der Waals surface area (Å²) in [6.45, 7) is 4.90. The van der Waals surface area contributed by atoms with Gasteiger partial charge in [0.2, 0.25) is 0 Å². The minimum absolute atomic E-state index is 0.0372. The molecule has 0 radical (unpaired) electrons. The van der Waals surface area contributed by atoms with Crippen molar-refractivity contribution in [3.63, 3.8) is 0 Å². The van der Waals surface area contributed by atoms with Gasteiger partial charge >= 0.3 is 11.7 Å². The molecule has 4 rings (SSSR count). The Labute approximate surface area is 182 Å². The van der Waals surface area contributed by atoms with Crippen molar-refractivity contribution in [1.82, 2.24) is 24.6 Å². The molecule has 0 aliphatic carbocycles. The summed E-state index contributed by atoms with van der Waals surface area (Å²) in [7, 11) is 0. The van der Waals surface area contributed by atoms with Gasteiger partial charge in [-0.1, -0.05) is 60.7 Å². The lowest BCUT2D eigenvalue weighted by molar-refractivity contribution is 0.179. The fraction of sp³-hybridized carbons (Fsp3) is 0.375. The maximum Gasteiger partial charge on any atom is 0.346 e. The van der Waals surface area contributed by atoms with Crippen molar-refractivity contribution < 1.29 is 4.79 Å². The Hall–Kier alpha value is -3.35. The first-order valence-corrected chi connectivity index (χ1v) is 10.9. The Morgan fingerprint density at radius 2 is 1.61 bits per heavy atom. The number of benzene rings is 2. The Balaban J connectivity index is 1.38. The average molecular weight is 420 g/mol. The molecular weight excluding hydrogens is 390 g/mol.